The number of hydrogen-bond acceptors (Lipinski definition) is 3. The zero-order valence-electron chi connectivity index (χ0n) is 10.7. The van der Waals surface area contributed by atoms with Crippen molar-refractivity contribution in [2.24, 2.45) is 5.92 Å². The molecule has 1 aliphatic carbocycles. The van der Waals surface area contributed by atoms with Gasteiger partial charge in [-0.2, -0.15) is 13.2 Å². The van der Waals surface area contributed by atoms with Crippen LogP contribution in [0.2, 0.25) is 0 Å². The minimum absolute atomic E-state index is 0.102. The van der Waals surface area contributed by atoms with E-state index in [1.54, 1.807) is 0 Å². The maximum Gasteiger partial charge on any atom is 0.393 e. The van der Waals surface area contributed by atoms with E-state index in [-0.39, 0.29) is 18.7 Å². The van der Waals surface area contributed by atoms with Crippen LogP contribution in [0.25, 0.3) is 0 Å². The van der Waals surface area contributed by atoms with Crippen molar-refractivity contribution in [2.75, 3.05) is 0 Å². The average Bonchev–Trinajstić information content (AvgIpc) is 2.84. The number of carbonyl (C=O) groups is 1. The SMILES string of the molecule is O=C(O)c1ccc(CNC2CCCCC2C(F)(F)F)o1. The van der Waals surface area contributed by atoms with Gasteiger partial charge in [-0.1, -0.05) is 12.8 Å². The summed E-state index contributed by atoms with van der Waals surface area (Å²) in [4.78, 5) is 10.6. The van der Waals surface area contributed by atoms with E-state index in [1.165, 1.54) is 12.1 Å². The number of nitrogens with one attached hydrogen (secondary N) is 1. The van der Waals surface area contributed by atoms with Crippen molar-refractivity contribution in [3.8, 4) is 0 Å². The third kappa shape index (κ3) is 3.53. The van der Waals surface area contributed by atoms with E-state index < -0.39 is 24.1 Å². The van der Waals surface area contributed by atoms with Gasteiger partial charge in [0.25, 0.3) is 0 Å². The molecule has 112 valence electrons. The van der Waals surface area contributed by atoms with E-state index in [1.807, 2.05) is 0 Å². The Hall–Kier alpha value is -1.50. The molecule has 2 N–H and O–H groups in total. The van der Waals surface area contributed by atoms with E-state index in [0.29, 0.717) is 18.6 Å². The van der Waals surface area contributed by atoms with Crippen LogP contribution < -0.4 is 5.32 Å². The summed E-state index contributed by atoms with van der Waals surface area (Å²) < 4.78 is 43.7. The van der Waals surface area contributed by atoms with Crippen LogP contribution in [-0.2, 0) is 6.54 Å². The Morgan fingerprint density at radius 3 is 2.65 bits per heavy atom. The fourth-order valence-corrected chi connectivity index (χ4v) is 2.59. The number of rotatable bonds is 4. The van der Waals surface area contributed by atoms with Crippen LogP contribution in [0, 0.1) is 5.92 Å². The molecule has 0 aliphatic heterocycles. The van der Waals surface area contributed by atoms with Crippen molar-refractivity contribution >= 4 is 5.97 Å². The fourth-order valence-electron chi connectivity index (χ4n) is 2.59. The summed E-state index contributed by atoms with van der Waals surface area (Å²) >= 11 is 0. The Morgan fingerprint density at radius 1 is 1.35 bits per heavy atom. The second kappa shape index (κ2) is 5.87. The smallest absolute Gasteiger partial charge is 0.393 e. The Morgan fingerprint density at radius 2 is 2.05 bits per heavy atom. The summed E-state index contributed by atoms with van der Waals surface area (Å²) in [7, 11) is 0. The Labute approximate surface area is 114 Å². The largest absolute Gasteiger partial charge is 0.475 e. The molecule has 1 aromatic rings. The Balaban J connectivity index is 1.95. The summed E-state index contributed by atoms with van der Waals surface area (Å²) in [6, 6.07) is 2.12. The van der Waals surface area contributed by atoms with E-state index in [0.717, 1.165) is 6.42 Å². The predicted molar refractivity (Wildman–Crippen MR) is 64.3 cm³/mol. The minimum atomic E-state index is -4.20. The monoisotopic (exact) mass is 291 g/mol. The van der Waals surface area contributed by atoms with Gasteiger partial charge >= 0.3 is 12.1 Å². The van der Waals surface area contributed by atoms with Crippen molar-refractivity contribution in [1.82, 2.24) is 5.32 Å². The van der Waals surface area contributed by atoms with Gasteiger partial charge in [-0.05, 0) is 25.0 Å². The number of furan rings is 1. The Kier molecular flexibility index (Phi) is 4.37. The molecule has 4 nitrogen and oxygen atoms in total. The van der Waals surface area contributed by atoms with Gasteiger partial charge < -0.3 is 14.8 Å². The summed E-state index contributed by atoms with van der Waals surface area (Å²) in [5.41, 5.74) is 0. The van der Waals surface area contributed by atoms with E-state index in [2.05, 4.69) is 5.32 Å². The molecular weight excluding hydrogens is 275 g/mol. The first-order chi connectivity index (χ1) is 9.38. The highest BCUT2D eigenvalue weighted by atomic mass is 19.4. The average molecular weight is 291 g/mol. The van der Waals surface area contributed by atoms with Gasteiger partial charge in [0, 0.05) is 6.04 Å². The van der Waals surface area contributed by atoms with Crippen LogP contribution >= 0.6 is 0 Å². The molecule has 20 heavy (non-hydrogen) atoms. The molecule has 1 saturated carbocycles. The second-order valence-corrected chi connectivity index (χ2v) is 4.99. The highest BCUT2D eigenvalue weighted by molar-refractivity contribution is 5.84. The number of carboxylic acids is 1. The first-order valence-electron chi connectivity index (χ1n) is 6.50. The first-order valence-corrected chi connectivity index (χ1v) is 6.50. The lowest BCUT2D eigenvalue weighted by atomic mass is 9.84. The number of aromatic carboxylic acids is 1. The molecule has 0 aromatic carbocycles. The lowest BCUT2D eigenvalue weighted by molar-refractivity contribution is -0.189. The highest BCUT2D eigenvalue weighted by Crippen LogP contribution is 2.37. The molecule has 1 aromatic heterocycles. The summed E-state index contributed by atoms with van der Waals surface area (Å²) in [6.45, 7) is 0.102. The standard InChI is InChI=1S/C13H16F3NO3/c14-13(15,16)9-3-1-2-4-10(9)17-7-8-5-6-11(20-8)12(18)19/h5-6,9-10,17H,1-4,7H2,(H,18,19). The Bertz CT molecular complexity index is 470. The van der Waals surface area contributed by atoms with Gasteiger partial charge in [-0.3, -0.25) is 0 Å². The number of halogens is 3. The van der Waals surface area contributed by atoms with Crippen LogP contribution in [0.4, 0.5) is 13.2 Å². The quantitative estimate of drug-likeness (QED) is 0.894. The fraction of sp³-hybridized carbons (Fsp3) is 0.615. The molecule has 2 atom stereocenters. The van der Waals surface area contributed by atoms with Crippen LogP contribution in [-0.4, -0.2) is 23.3 Å². The predicted octanol–water partition coefficient (Wildman–Crippen LogP) is 3.19. The van der Waals surface area contributed by atoms with Gasteiger partial charge in [-0.25, -0.2) is 4.79 Å². The molecule has 1 aliphatic rings. The van der Waals surface area contributed by atoms with Crippen molar-refractivity contribution in [1.29, 1.82) is 0 Å². The molecule has 7 heteroatoms. The molecule has 0 radical (unpaired) electrons. The van der Waals surface area contributed by atoms with E-state index >= 15 is 0 Å². The topological polar surface area (TPSA) is 62.5 Å². The van der Waals surface area contributed by atoms with Crippen molar-refractivity contribution in [3.05, 3.63) is 23.7 Å². The second-order valence-electron chi connectivity index (χ2n) is 4.99. The molecule has 0 spiro atoms. The zero-order valence-corrected chi connectivity index (χ0v) is 10.7. The van der Waals surface area contributed by atoms with Crippen LogP contribution in [0.15, 0.2) is 16.5 Å². The van der Waals surface area contributed by atoms with Crippen LogP contribution in [0.3, 0.4) is 0 Å². The maximum absolute atomic E-state index is 12.9. The minimum Gasteiger partial charge on any atom is -0.475 e. The number of alkyl halides is 3. The van der Waals surface area contributed by atoms with E-state index in [4.69, 9.17) is 9.52 Å². The van der Waals surface area contributed by atoms with Crippen molar-refractivity contribution < 1.29 is 27.5 Å². The van der Waals surface area contributed by atoms with Crippen LogP contribution in [0.1, 0.15) is 42.0 Å². The lowest BCUT2D eigenvalue weighted by Crippen LogP contribution is -2.45. The third-order valence-electron chi connectivity index (χ3n) is 3.60. The molecule has 1 heterocycles. The van der Waals surface area contributed by atoms with E-state index in [9.17, 15) is 18.0 Å². The molecule has 2 rings (SSSR count). The van der Waals surface area contributed by atoms with Gasteiger partial charge in [0.15, 0.2) is 0 Å². The summed E-state index contributed by atoms with van der Waals surface area (Å²) in [5, 5.41) is 11.5. The lowest BCUT2D eigenvalue weighted by Gasteiger charge is -2.33. The summed E-state index contributed by atoms with van der Waals surface area (Å²) in [6.07, 6.45) is -2.24. The summed E-state index contributed by atoms with van der Waals surface area (Å²) in [5.74, 6) is -2.42. The molecule has 0 bridgehead atoms. The first kappa shape index (κ1) is 14.9. The molecule has 0 amide bonds. The number of hydrogen-bond donors (Lipinski definition) is 2. The van der Waals surface area contributed by atoms with Crippen molar-refractivity contribution in [3.63, 3.8) is 0 Å². The van der Waals surface area contributed by atoms with Crippen LogP contribution in [0.5, 0.6) is 0 Å². The molecule has 0 saturated heterocycles. The number of carboxylic acid groups (broad SMARTS) is 1. The normalized spacial score (nSPS) is 23.8. The maximum atomic E-state index is 12.9. The highest BCUT2D eigenvalue weighted by Gasteiger charge is 2.45. The van der Waals surface area contributed by atoms with Gasteiger partial charge in [-0.15, -0.1) is 0 Å². The van der Waals surface area contributed by atoms with Gasteiger partial charge in [0.1, 0.15) is 5.76 Å². The van der Waals surface area contributed by atoms with Gasteiger partial charge in [0.05, 0.1) is 12.5 Å². The third-order valence-corrected chi connectivity index (χ3v) is 3.60. The molecule has 1 fully saturated rings. The zero-order chi connectivity index (χ0) is 14.8. The van der Waals surface area contributed by atoms with Gasteiger partial charge in [0.2, 0.25) is 5.76 Å². The molecular formula is C13H16F3NO3. The van der Waals surface area contributed by atoms with Crippen molar-refractivity contribution in [2.45, 2.75) is 44.4 Å². The molecule has 2 unspecified atom stereocenters.